The highest BCUT2D eigenvalue weighted by atomic mass is 16.5. The van der Waals surface area contributed by atoms with E-state index in [0.29, 0.717) is 16.9 Å². The Bertz CT molecular complexity index is 735. The molecule has 0 aliphatic carbocycles. The Kier molecular flexibility index (Phi) is 3.44. The van der Waals surface area contributed by atoms with Gasteiger partial charge in [0.05, 0.1) is 5.69 Å². The van der Waals surface area contributed by atoms with E-state index in [1.54, 1.807) is 30.3 Å². The highest BCUT2D eigenvalue weighted by molar-refractivity contribution is 6.07. The fraction of sp³-hybridized carbons (Fsp3) is 0.312. The standard InChI is InChI=1S/C16H16N2O4/c1-9(2)12-7-14(22-17-12)15(19)18-8-11(16(20)21)10-5-3-4-6-13(10)18/h3-7,9,11H,8H2,1-2H3,(H,20,21). The van der Waals surface area contributed by atoms with Gasteiger partial charge < -0.3 is 14.5 Å². The third-order valence-corrected chi connectivity index (χ3v) is 3.84. The van der Waals surface area contributed by atoms with Crippen LogP contribution in [0.1, 0.15) is 47.5 Å². The van der Waals surface area contributed by atoms with Crippen molar-refractivity contribution in [2.45, 2.75) is 25.7 Å². The number of amides is 1. The molecular weight excluding hydrogens is 284 g/mol. The summed E-state index contributed by atoms with van der Waals surface area (Å²) in [7, 11) is 0. The normalized spacial score (nSPS) is 16.9. The maximum atomic E-state index is 12.6. The first-order valence-electron chi connectivity index (χ1n) is 7.09. The fourth-order valence-electron chi connectivity index (χ4n) is 2.61. The van der Waals surface area contributed by atoms with E-state index >= 15 is 0 Å². The summed E-state index contributed by atoms with van der Waals surface area (Å²) in [5, 5.41) is 13.2. The SMILES string of the molecule is CC(C)c1cc(C(=O)N2CC(C(=O)O)c3ccccc32)on1. The number of benzene rings is 1. The average Bonchev–Trinajstić information content (AvgIpc) is 3.12. The van der Waals surface area contributed by atoms with Gasteiger partial charge in [0, 0.05) is 18.3 Å². The topological polar surface area (TPSA) is 83.6 Å². The minimum absolute atomic E-state index is 0.102. The van der Waals surface area contributed by atoms with Crippen LogP contribution in [0, 0.1) is 0 Å². The van der Waals surface area contributed by atoms with E-state index in [1.807, 2.05) is 13.8 Å². The molecule has 6 heteroatoms. The third kappa shape index (κ3) is 2.26. The predicted octanol–water partition coefficient (Wildman–Crippen LogP) is 2.63. The zero-order chi connectivity index (χ0) is 15.9. The second-order valence-electron chi connectivity index (χ2n) is 5.64. The fourth-order valence-corrected chi connectivity index (χ4v) is 2.61. The summed E-state index contributed by atoms with van der Waals surface area (Å²) in [5.41, 5.74) is 1.96. The Balaban J connectivity index is 1.95. The van der Waals surface area contributed by atoms with Crippen LogP contribution in [0.2, 0.25) is 0 Å². The van der Waals surface area contributed by atoms with Crippen molar-refractivity contribution in [2.75, 3.05) is 11.4 Å². The Morgan fingerprint density at radius 1 is 1.36 bits per heavy atom. The Hall–Kier alpha value is -2.63. The lowest BCUT2D eigenvalue weighted by Gasteiger charge is -2.15. The van der Waals surface area contributed by atoms with Crippen molar-refractivity contribution >= 4 is 17.6 Å². The first-order chi connectivity index (χ1) is 10.5. The summed E-state index contributed by atoms with van der Waals surface area (Å²) >= 11 is 0. The van der Waals surface area contributed by atoms with E-state index in [4.69, 9.17) is 4.52 Å². The molecule has 2 heterocycles. The largest absolute Gasteiger partial charge is 0.481 e. The van der Waals surface area contributed by atoms with Crippen LogP contribution in [0.15, 0.2) is 34.9 Å². The number of carbonyl (C=O) groups excluding carboxylic acids is 1. The number of aromatic nitrogens is 1. The Morgan fingerprint density at radius 2 is 2.09 bits per heavy atom. The van der Waals surface area contributed by atoms with Gasteiger partial charge in [-0.2, -0.15) is 0 Å². The molecule has 1 aromatic carbocycles. The monoisotopic (exact) mass is 300 g/mol. The molecule has 3 rings (SSSR count). The smallest absolute Gasteiger partial charge is 0.312 e. The number of para-hydroxylation sites is 1. The molecule has 0 saturated carbocycles. The first kappa shape index (κ1) is 14.3. The summed E-state index contributed by atoms with van der Waals surface area (Å²) < 4.78 is 5.12. The zero-order valence-electron chi connectivity index (χ0n) is 12.3. The summed E-state index contributed by atoms with van der Waals surface area (Å²) in [4.78, 5) is 25.4. The van der Waals surface area contributed by atoms with Gasteiger partial charge in [-0.3, -0.25) is 9.59 Å². The molecule has 1 aliphatic rings. The molecule has 0 radical (unpaired) electrons. The minimum Gasteiger partial charge on any atom is -0.481 e. The van der Waals surface area contributed by atoms with Gasteiger partial charge in [0.1, 0.15) is 5.92 Å². The molecule has 0 fully saturated rings. The number of carbonyl (C=O) groups is 2. The van der Waals surface area contributed by atoms with Crippen LogP contribution < -0.4 is 4.90 Å². The molecule has 1 N–H and O–H groups in total. The van der Waals surface area contributed by atoms with E-state index in [2.05, 4.69) is 5.16 Å². The van der Waals surface area contributed by atoms with Crippen molar-refractivity contribution in [1.29, 1.82) is 0 Å². The highest BCUT2D eigenvalue weighted by Gasteiger charge is 2.37. The van der Waals surface area contributed by atoms with Crippen LogP contribution in [0.5, 0.6) is 0 Å². The number of hydrogen-bond acceptors (Lipinski definition) is 4. The lowest BCUT2D eigenvalue weighted by Crippen LogP contribution is -2.31. The van der Waals surface area contributed by atoms with Gasteiger partial charge in [-0.05, 0) is 17.5 Å². The predicted molar refractivity (Wildman–Crippen MR) is 79.1 cm³/mol. The van der Waals surface area contributed by atoms with E-state index < -0.39 is 11.9 Å². The van der Waals surface area contributed by atoms with Crippen LogP contribution in [-0.4, -0.2) is 28.7 Å². The maximum Gasteiger partial charge on any atom is 0.312 e. The van der Waals surface area contributed by atoms with Gasteiger partial charge in [-0.1, -0.05) is 37.2 Å². The van der Waals surface area contributed by atoms with Gasteiger partial charge in [0.25, 0.3) is 5.91 Å². The van der Waals surface area contributed by atoms with Crippen molar-refractivity contribution < 1.29 is 19.2 Å². The van der Waals surface area contributed by atoms with Crippen molar-refractivity contribution in [1.82, 2.24) is 5.16 Å². The lowest BCUT2D eigenvalue weighted by atomic mass is 10.0. The van der Waals surface area contributed by atoms with E-state index in [-0.39, 0.29) is 24.1 Å². The molecule has 1 aromatic heterocycles. The van der Waals surface area contributed by atoms with E-state index in [1.165, 1.54) is 4.90 Å². The molecule has 6 nitrogen and oxygen atoms in total. The van der Waals surface area contributed by atoms with Crippen LogP contribution in [0.25, 0.3) is 0 Å². The van der Waals surface area contributed by atoms with Crippen LogP contribution >= 0.6 is 0 Å². The summed E-state index contributed by atoms with van der Waals surface area (Å²) in [6.07, 6.45) is 0. The van der Waals surface area contributed by atoms with Gasteiger partial charge in [-0.25, -0.2) is 0 Å². The number of fused-ring (bicyclic) bond motifs is 1. The van der Waals surface area contributed by atoms with Crippen LogP contribution in [-0.2, 0) is 4.79 Å². The van der Waals surface area contributed by atoms with Gasteiger partial charge in [0.15, 0.2) is 0 Å². The van der Waals surface area contributed by atoms with Gasteiger partial charge in [0.2, 0.25) is 5.76 Å². The molecule has 1 atom stereocenters. The number of aliphatic carboxylic acids is 1. The molecule has 1 aliphatic heterocycles. The minimum atomic E-state index is -0.941. The molecule has 1 unspecified atom stereocenters. The number of carboxylic acid groups (broad SMARTS) is 1. The second kappa shape index (κ2) is 5.29. The van der Waals surface area contributed by atoms with E-state index in [0.717, 1.165) is 0 Å². The number of anilines is 1. The van der Waals surface area contributed by atoms with Crippen molar-refractivity contribution in [3.8, 4) is 0 Å². The molecule has 2 aromatic rings. The summed E-state index contributed by atoms with van der Waals surface area (Å²) in [6, 6.07) is 8.65. The van der Waals surface area contributed by atoms with Crippen molar-refractivity contribution in [2.24, 2.45) is 0 Å². The van der Waals surface area contributed by atoms with E-state index in [9.17, 15) is 14.7 Å². The lowest BCUT2D eigenvalue weighted by molar-refractivity contribution is -0.138. The van der Waals surface area contributed by atoms with Crippen LogP contribution in [0.4, 0.5) is 5.69 Å². The molecule has 22 heavy (non-hydrogen) atoms. The highest BCUT2D eigenvalue weighted by Crippen LogP contribution is 2.37. The Labute approximate surface area is 127 Å². The maximum absolute atomic E-state index is 12.6. The van der Waals surface area contributed by atoms with Crippen LogP contribution in [0.3, 0.4) is 0 Å². The average molecular weight is 300 g/mol. The zero-order valence-corrected chi connectivity index (χ0v) is 12.3. The second-order valence-corrected chi connectivity index (χ2v) is 5.64. The number of carboxylic acids is 1. The number of nitrogens with zero attached hydrogens (tertiary/aromatic N) is 2. The number of hydrogen-bond donors (Lipinski definition) is 1. The molecular formula is C16H16N2O4. The van der Waals surface area contributed by atoms with Crippen molar-refractivity contribution in [3.63, 3.8) is 0 Å². The van der Waals surface area contributed by atoms with Gasteiger partial charge >= 0.3 is 5.97 Å². The first-order valence-corrected chi connectivity index (χ1v) is 7.09. The molecule has 0 saturated heterocycles. The molecule has 114 valence electrons. The van der Waals surface area contributed by atoms with Crippen molar-refractivity contribution in [3.05, 3.63) is 47.3 Å². The summed E-state index contributed by atoms with van der Waals surface area (Å²) in [5.74, 6) is -1.74. The molecule has 0 spiro atoms. The van der Waals surface area contributed by atoms with Gasteiger partial charge in [-0.15, -0.1) is 0 Å². The molecule has 0 bridgehead atoms. The summed E-state index contributed by atoms with van der Waals surface area (Å²) in [6.45, 7) is 4.01. The Morgan fingerprint density at radius 3 is 2.73 bits per heavy atom. The number of rotatable bonds is 3. The quantitative estimate of drug-likeness (QED) is 0.942. The third-order valence-electron chi connectivity index (χ3n) is 3.84. The molecule has 1 amide bonds.